The summed E-state index contributed by atoms with van der Waals surface area (Å²) in [6, 6.07) is 14.9. The van der Waals surface area contributed by atoms with E-state index in [4.69, 9.17) is 24.7 Å². The minimum Gasteiger partial charge on any atom is -0.495 e. The largest absolute Gasteiger partial charge is 0.495 e. The lowest BCUT2D eigenvalue weighted by atomic mass is 10.1. The van der Waals surface area contributed by atoms with Gasteiger partial charge in [0.25, 0.3) is 10.0 Å². The van der Waals surface area contributed by atoms with Gasteiger partial charge in [0, 0.05) is 5.69 Å². The first kappa shape index (κ1) is 23.8. The molecule has 8 nitrogen and oxygen atoms in total. The van der Waals surface area contributed by atoms with E-state index < -0.39 is 10.0 Å². The molecular formula is C24H26N2O6S. The summed E-state index contributed by atoms with van der Waals surface area (Å²) in [4.78, 5) is 0.0483. The van der Waals surface area contributed by atoms with Gasteiger partial charge in [-0.15, -0.1) is 0 Å². The van der Waals surface area contributed by atoms with Crippen molar-refractivity contribution in [2.24, 2.45) is 0 Å². The van der Waals surface area contributed by atoms with Crippen LogP contribution in [0.1, 0.15) is 11.1 Å². The van der Waals surface area contributed by atoms with Crippen LogP contribution in [0.4, 0.5) is 11.4 Å². The molecule has 3 aromatic rings. The Morgan fingerprint density at radius 1 is 0.727 bits per heavy atom. The van der Waals surface area contributed by atoms with Crippen LogP contribution in [0.2, 0.25) is 0 Å². The van der Waals surface area contributed by atoms with E-state index in [1.165, 1.54) is 25.3 Å². The third kappa shape index (κ3) is 5.50. The zero-order valence-corrected chi connectivity index (χ0v) is 19.6. The summed E-state index contributed by atoms with van der Waals surface area (Å²) >= 11 is 0. The third-order valence-electron chi connectivity index (χ3n) is 4.83. The van der Waals surface area contributed by atoms with Gasteiger partial charge in [-0.1, -0.05) is 24.3 Å². The Kier molecular flexibility index (Phi) is 7.34. The monoisotopic (exact) mass is 470 g/mol. The lowest BCUT2D eigenvalue weighted by Gasteiger charge is -2.12. The standard InChI is InChI=1S/C24H26N2O6S/c1-29-21-12-11-19(15-20(21)25)33(27,28)26-18-9-7-16(8-10-18)5-6-17-13-22(30-2)24(32-4)23(14-17)31-3/h5-15,26H,25H2,1-4H3/b6-5-. The number of nitrogens with one attached hydrogen (secondary N) is 1. The molecule has 0 fully saturated rings. The first-order valence-corrected chi connectivity index (χ1v) is 11.3. The smallest absolute Gasteiger partial charge is 0.261 e. The van der Waals surface area contributed by atoms with E-state index in [0.29, 0.717) is 28.7 Å². The molecule has 0 amide bonds. The van der Waals surface area contributed by atoms with Gasteiger partial charge in [-0.2, -0.15) is 0 Å². The molecule has 3 aromatic carbocycles. The molecule has 9 heteroatoms. The summed E-state index contributed by atoms with van der Waals surface area (Å²) in [5, 5.41) is 0. The van der Waals surface area contributed by atoms with Crippen LogP contribution in [0, 0.1) is 0 Å². The molecule has 174 valence electrons. The van der Waals surface area contributed by atoms with E-state index in [1.807, 2.05) is 24.3 Å². The Hall–Kier alpha value is -3.85. The Morgan fingerprint density at radius 3 is 1.82 bits per heavy atom. The first-order chi connectivity index (χ1) is 15.8. The van der Waals surface area contributed by atoms with Crippen LogP contribution in [-0.2, 0) is 10.0 Å². The van der Waals surface area contributed by atoms with Gasteiger partial charge in [-0.05, 0) is 53.6 Å². The fraction of sp³-hybridized carbons (Fsp3) is 0.167. The normalized spacial score (nSPS) is 11.3. The number of nitrogen functional groups attached to an aromatic ring is 1. The van der Waals surface area contributed by atoms with Gasteiger partial charge < -0.3 is 24.7 Å². The van der Waals surface area contributed by atoms with Crippen LogP contribution < -0.4 is 29.4 Å². The van der Waals surface area contributed by atoms with Crippen LogP contribution in [-0.4, -0.2) is 36.9 Å². The molecule has 3 N–H and O–H groups in total. The number of rotatable bonds is 9. The zero-order valence-electron chi connectivity index (χ0n) is 18.8. The third-order valence-corrected chi connectivity index (χ3v) is 6.21. The molecule has 0 radical (unpaired) electrons. The molecule has 0 aliphatic heterocycles. The number of methoxy groups -OCH3 is 4. The molecule has 0 atom stereocenters. The molecule has 0 bridgehead atoms. The number of anilines is 2. The summed E-state index contributed by atoms with van der Waals surface area (Å²) in [5.41, 5.74) is 8.23. The Balaban J connectivity index is 1.77. The van der Waals surface area contributed by atoms with Crippen molar-refractivity contribution in [3.8, 4) is 23.0 Å². The summed E-state index contributed by atoms with van der Waals surface area (Å²) in [5.74, 6) is 2.05. The van der Waals surface area contributed by atoms with Gasteiger partial charge >= 0.3 is 0 Å². The highest BCUT2D eigenvalue weighted by atomic mass is 32.2. The average molecular weight is 471 g/mol. The maximum atomic E-state index is 12.7. The van der Waals surface area contributed by atoms with Gasteiger partial charge in [-0.25, -0.2) is 8.42 Å². The van der Waals surface area contributed by atoms with Crippen LogP contribution in [0.5, 0.6) is 23.0 Å². The molecule has 0 unspecified atom stereocenters. The minimum atomic E-state index is -3.79. The Labute approximate surface area is 193 Å². The second-order valence-electron chi connectivity index (χ2n) is 6.92. The van der Waals surface area contributed by atoms with Gasteiger partial charge in [0.2, 0.25) is 5.75 Å². The fourth-order valence-corrected chi connectivity index (χ4v) is 4.24. The van der Waals surface area contributed by atoms with Crippen molar-refractivity contribution in [2.75, 3.05) is 38.9 Å². The highest BCUT2D eigenvalue weighted by molar-refractivity contribution is 7.92. The predicted octanol–water partition coefficient (Wildman–Crippen LogP) is 4.27. The average Bonchev–Trinajstić information content (AvgIpc) is 2.82. The molecule has 33 heavy (non-hydrogen) atoms. The quantitative estimate of drug-likeness (QED) is 0.355. The number of hydrogen-bond acceptors (Lipinski definition) is 7. The van der Waals surface area contributed by atoms with E-state index in [2.05, 4.69) is 4.72 Å². The second kappa shape index (κ2) is 10.2. The molecule has 0 heterocycles. The van der Waals surface area contributed by atoms with Crippen LogP contribution in [0.25, 0.3) is 12.2 Å². The lowest BCUT2D eigenvalue weighted by molar-refractivity contribution is 0.324. The van der Waals surface area contributed by atoms with Crippen molar-refractivity contribution in [1.82, 2.24) is 0 Å². The number of sulfonamides is 1. The molecule has 0 aliphatic rings. The first-order valence-electron chi connectivity index (χ1n) is 9.85. The highest BCUT2D eigenvalue weighted by Gasteiger charge is 2.16. The summed E-state index contributed by atoms with van der Waals surface area (Å²) in [7, 11) is 2.35. The van der Waals surface area contributed by atoms with Crippen molar-refractivity contribution in [2.45, 2.75) is 4.90 Å². The number of benzene rings is 3. The molecule has 3 rings (SSSR count). The molecule has 0 spiro atoms. The van der Waals surface area contributed by atoms with Crippen LogP contribution in [0.3, 0.4) is 0 Å². The van der Waals surface area contributed by atoms with Gasteiger partial charge in [-0.3, -0.25) is 4.72 Å². The molecule has 0 saturated heterocycles. The van der Waals surface area contributed by atoms with E-state index >= 15 is 0 Å². The predicted molar refractivity (Wildman–Crippen MR) is 130 cm³/mol. The Bertz CT molecular complexity index is 1230. The van der Waals surface area contributed by atoms with Crippen molar-refractivity contribution in [1.29, 1.82) is 0 Å². The van der Waals surface area contributed by atoms with Gasteiger partial charge in [0.05, 0.1) is 39.0 Å². The van der Waals surface area contributed by atoms with E-state index in [9.17, 15) is 8.42 Å². The number of hydrogen-bond donors (Lipinski definition) is 2. The van der Waals surface area contributed by atoms with E-state index in [-0.39, 0.29) is 10.6 Å². The maximum Gasteiger partial charge on any atom is 0.261 e. The van der Waals surface area contributed by atoms with Gasteiger partial charge in [0.1, 0.15) is 5.75 Å². The van der Waals surface area contributed by atoms with E-state index in [0.717, 1.165) is 11.1 Å². The summed E-state index contributed by atoms with van der Waals surface area (Å²) in [6.07, 6.45) is 3.78. The Morgan fingerprint density at radius 2 is 1.30 bits per heavy atom. The van der Waals surface area contributed by atoms with Crippen LogP contribution in [0.15, 0.2) is 59.5 Å². The van der Waals surface area contributed by atoms with Crippen LogP contribution >= 0.6 is 0 Å². The highest BCUT2D eigenvalue weighted by Crippen LogP contribution is 2.38. The van der Waals surface area contributed by atoms with Crippen molar-refractivity contribution in [3.05, 3.63) is 65.7 Å². The summed E-state index contributed by atoms with van der Waals surface area (Å²) < 4.78 is 49.0. The molecular weight excluding hydrogens is 444 g/mol. The lowest BCUT2D eigenvalue weighted by Crippen LogP contribution is -2.13. The molecule has 0 aliphatic carbocycles. The van der Waals surface area contributed by atoms with Gasteiger partial charge in [0.15, 0.2) is 11.5 Å². The topological polar surface area (TPSA) is 109 Å². The molecule has 0 aromatic heterocycles. The fourth-order valence-electron chi connectivity index (χ4n) is 3.15. The van der Waals surface area contributed by atoms with Crippen molar-refractivity contribution in [3.63, 3.8) is 0 Å². The van der Waals surface area contributed by atoms with Crippen molar-refractivity contribution < 1.29 is 27.4 Å². The second-order valence-corrected chi connectivity index (χ2v) is 8.61. The van der Waals surface area contributed by atoms with Crippen molar-refractivity contribution >= 4 is 33.6 Å². The summed E-state index contributed by atoms with van der Waals surface area (Å²) in [6.45, 7) is 0. The number of ether oxygens (including phenoxy) is 4. The number of nitrogens with two attached hydrogens (primary N) is 1. The maximum absolute atomic E-state index is 12.7. The zero-order chi connectivity index (χ0) is 24.0. The molecule has 0 saturated carbocycles. The van der Waals surface area contributed by atoms with E-state index in [1.54, 1.807) is 45.6 Å². The minimum absolute atomic E-state index is 0.0483. The SMILES string of the molecule is COc1ccc(S(=O)(=O)Nc2ccc(/C=C\c3cc(OC)c(OC)c(OC)c3)cc2)cc1N.